The van der Waals surface area contributed by atoms with E-state index in [-0.39, 0.29) is 24.3 Å². The normalized spacial score (nSPS) is 24.2. The van der Waals surface area contributed by atoms with Gasteiger partial charge >= 0.3 is 0 Å². The van der Waals surface area contributed by atoms with Crippen LogP contribution >= 0.6 is 0 Å². The monoisotopic (exact) mass is 227 g/mol. The molecular weight excluding hydrogens is 206 g/mol. The summed E-state index contributed by atoms with van der Waals surface area (Å²) in [4.78, 5) is 24.7. The van der Waals surface area contributed by atoms with Crippen molar-refractivity contribution in [1.29, 1.82) is 0 Å². The van der Waals surface area contributed by atoms with Crippen molar-refractivity contribution in [2.45, 2.75) is 19.3 Å². The number of hydrogen-bond acceptors (Lipinski definition) is 3. The molecule has 1 saturated carbocycles. The summed E-state index contributed by atoms with van der Waals surface area (Å²) in [7, 11) is 3.24. The number of amides is 2. The Morgan fingerprint density at radius 1 is 1.44 bits per heavy atom. The van der Waals surface area contributed by atoms with Crippen LogP contribution in [0.1, 0.15) is 19.3 Å². The lowest BCUT2D eigenvalue weighted by atomic mass is 9.95. The zero-order chi connectivity index (χ0) is 12.1. The Balaban J connectivity index is 2.52. The van der Waals surface area contributed by atoms with E-state index in [1.807, 2.05) is 0 Å². The molecule has 1 aliphatic rings. The Hall–Kier alpha value is -1.10. The summed E-state index contributed by atoms with van der Waals surface area (Å²) in [6.45, 7) is 0.688. The van der Waals surface area contributed by atoms with Gasteiger partial charge in [0.25, 0.3) is 0 Å². The van der Waals surface area contributed by atoms with Crippen LogP contribution in [-0.2, 0) is 9.59 Å². The van der Waals surface area contributed by atoms with Crippen molar-refractivity contribution >= 4 is 11.8 Å². The summed E-state index contributed by atoms with van der Waals surface area (Å²) >= 11 is 0. The number of nitrogens with two attached hydrogens (primary N) is 1. The molecule has 3 N–H and O–H groups in total. The van der Waals surface area contributed by atoms with Gasteiger partial charge in [0, 0.05) is 20.0 Å². The van der Waals surface area contributed by atoms with Crippen LogP contribution in [0, 0.1) is 11.8 Å². The van der Waals surface area contributed by atoms with Crippen molar-refractivity contribution in [3.63, 3.8) is 0 Å². The minimum absolute atomic E-state index is 0.0136. The molecule has 0 aromatic rings. The van der Waals surface area contributed by atoms with Gasteiger partial charge in [-0.25, -0.2) is 0 Å². The van der Waals surface area contributed by atoms with Gasteiger partial charge in [0.15, 0.2) is 0 Å². The SMILES string of the molecule is CNC(=O)CN(C)C(=O)C1CCCC1CN. The van der Waals surface area contributed by atoms with Crippen molar-refractivity contribution in [1.82, 2.24) is 10.2 Å². The third-order valence-electron chi connectivity index (χ3n) is 3.31. The molecule has 2 atom stereocenters. The second-order valence-electron chi connectivity index (χ2n) is 4.40. The number of nitrogens with one attached hydrogen (secondary N) is 1. The summed E-state index contributed by atoms with van der Waals surface area (Å²) in [5.41, 5.74) is 5.64. The average molecular weight is 227 g/mol. The number of hydrogen-bond donors (Lipinski definition) is 2. The summed E-state index contributed by atoms with van der Waals surface area (Å²) in [6.07, 6.45) is 2.99. The zero-order valence-corrected chi connectivity index (χ0v) is 10.0. The molecule has 1 fully saturated rings. The first kappa shape index (κ1) is 13.0. The fourth-order valence-electron chi connectivity index (χ4n) is 2.30. The minimum Gasteiger partial charge on any atom is -0.358 e. The predicted molar refractivity (Wildman–Crippen MR) is 61.6 cm³/mol. The number of likely N-dealkylation sites (N-methyl/N-ethyl adjacent to an activating group) is 2. The third-order valence-corrected chi connectivity index (χ3v) is 3.31. The van der Waals surface area contributed by atoms with Crippen LogP contribution in [-0.4, -0.2) is 43.9 Å². The highest BCUT2D eigenvalue weighted by Crippen LogP contribution is 2.32. The Labute approximate surface area is 96.4 Å². The van der Waals surface area contributed by atoms with Gasteiger partial charge in [-0.05, 0) is 25.3 Å². The van der Waals surface area contributed by atoms with Gasteiger partial charge in [0.1, 0.15) is 0 Å². The van der Waals surface area contributed by atoms with Crippen LogP contribution in [0.5, 0.6) is 0 Å². The number of rotatable bonds is 4. The van der Waals surface area contributed by atoms with Crippen LogP contribution in [0.4, 0.5) is 0 Å². The number of carbonyl (C=O) groups is 2. The molecule has 2 unspecified atom stereocenters. The lowest BCUT2D eigenvalue weighted by Gasteiger charge is -2.23. The van der Waals surface area contributed by atoms with Crippen molar-refractivity contribution < 1.29 is 9.59 Å². The Morgan fingerprint density at radius 2 is 2.12 bits per heavy atom. The molecule has 0 aliphatic heterocycles. The first-order chi connectivity index (χ1) is 7.60. The number of nitrogens with zero attached hydrogens (tertiary/aromatic N) is 1. The van der Waals surface area contributed by atoms with Crippen LogP contribution < -0.4 is 11.1 Å². The second-order valence-corrected chi connectivity index (χ2v) is 4.40. The quantitative estimate of drug-likeness (QED) is 0.684. The van der Waals surface area contributed by atoms with Crippen LogP contribution in [0.2, 0.25) is 0 Å². The van der Waals surface area contributed by atoms with E-state index in [9.17, 15) is 9.59 Å². The van der Waals surface area contributed by atoms with Crippen molar-refractivity contribution in [3.8, 4) is 0 Å². The van der Waals surface area contributed by atoms with Gasteiger partial charge in [0.2, 0.25) is 11.8 Å². The smallest absolute Gasteiger partial charge is 0.239 e. The average Bonchev–Trinajstić information content (AvgIpc) is 2.75. The third kappa shape index (κ3) is 2.95. The molecule has 5 nitrogen and oxygen atoms in total. The van der Waals surface area contributed by atoms with E-state index < -0.39 is 0 Å². The van der Waals surface area contributed by atoms with Crippen LogP contribution in [0.15, 0.2) is 0 Å². The first-order valence-electron chi connectivity index (χ1n) is 5.75. The molecular formula is C11H21N3O2. The van der Waals surface area contributed by atoms with E-state index in [1.165, 1.54) is 4.90 Å². The summed E-state index contributed by atoms with van der Waals surface area (Å²) in [5, 5.41) is 2.51. The maximum Gasteiger partial charge on any atom is 0.239 e. The fraction of sp³-hybridized carbons (Fsp3) is 0.818. The number of carbonyl (C=O) groups excluding carboxylic acids is 2. The van der Waals surface area contributed by atoms with Gasteiger partial charge in [0.05, 0.1) is 6.54 Å². The molecule has 0 radical (unpaired) electrons. The lowest BCUT2D eigenvalue weighted by molar-refractivity contribution is -0.138. The molecule has 5 heteroatoms. The molecule has 2 amide bonds. The molecule has 0 bridgehead atoms. The van der Waals surface area contributed by atoms with Crippen molar-refractivity contribution in [2.24, 2.45) is 17.6 Å². The molecule has 1 rings (SSSR count). The van der Waals surface area contributed by atoms with E-state index in [0.717, 1.165) is 19.3 Å². The van der Waals surface area contributed by atoms with Gasteiger partial charge < -0.3 is 16.0 Å². The van der Waals surface area contributed by atoms with Crippen molar-refractivity contribution in [2.75, 3.05) is 27.2 Å². The van der Waals surface area contributed by atoms with Gasteiger partial charge in [-0.2, -0.15) is 0 Å². The molecule has 92 valence electrons. The van der Waals surface area contributed by atoms with Gasteiger partial charge in [-0.3, -0.25) is 9.59 Å². The van der Waals surface area contributed by atoms with E-state index in [0.29, 0.717) is 12.5 Å². The largest absolute Gasteiger partial charge is 0.358 e. The van der Waals surface area contributed by atoms with E-state index in [4.69, 9.17) is 5.73 Å². The maximum absolute atomic E-state index is 12.1. The van der Waals surface area contributed by atoms with Gasteiger partial charge in [-0.1, -0.05) is 6.42 Å². The maximum atomic E-state index is 12.1. The van der Waals surface area contributed by atoms with Gasteiger partial charge in [-0.15, -0.1) is 0 Å². The molecule has 0 aromatic carbocycles. The molecule has 1 aliphatic carbocycles. The highest BCUT2D eigenvalue weighted by atomic mass is 16.2. The Kier molecular flexibility index (Phi) is 4.73. The summed E-state index contributed by atoms with van der Waals surface area (Å²) in [6, 6.07) is 0. The summed E-state index contributed by atoms with van der Waals surface area (Å²) in [5.74, 6) is 0.217. The highest BCUT2D eigenvalue weighted by Gasteiger charge is 2.33. The molecule has 0 aromatic heterocycles. The Morgan fingerprint density at radius 3 is 2.69 bits per heavy atom. The molecule has 16 heavy (non-hydrogen) atoms. The Bertz CT molecular complexity index is 268. The second kappa shape index (κ2) is 5.84. The molecule has 0 saturated heterocycles. The zero-order valence-electron chi connectivity index (χ0n) is 10.0. The van der Waals surface area contributed by atoms with E-state index in [2.05, 4.69) is 5.32 Å². The fourth-order valence-corrected chi connectivity index (χ4v) is 2.30. The van der Waals surface area contributed by atoms with E-state index in [1.54, 1.807) is 14.1 Å². The molecule has 0 spiro atoms. The molecule has 0 heterocycles. The summed E-state index contributed by atoms with van der Waals surface area (Å²) < 4.78 is 0. The van der Waals surface area contributed by atoms with Crippen LogP contribution in [0.3, 0.4) is 0 Å². The highest BCUT2D eigenvalue weighted by molar-refractivity contribution is 5.85. The lowest BCUT2D eigenvalue weighted by Crippen LogP contribution is -2.41. The standard InChI is InChI=1S/C11H21N3O2/c1-13-10(15)7-14(2)11(16)9-5-3-4-8(9)6-12/h8-9H,3-7,12H2,1-2H3,(H,13,15). The minimum atomic E-state index is -0.141. The van der Waals surface area contributed by atoms with Crippen LogP contribution in [0.25, 0.3) is 0 Å². The topological polar surface area (TPSA) is 75.4 Å². The van der Waals surface area contributed by atoms with E-state index >= 15 is 0 Å². The van der Waals surface area contributed by atoms with Crippen molar-refractivity contribution in [3.05, 3.63) is 0 Å². The predicted octanol–water partition coefficient (Wildman–Crippen LogP) is -0.434. The first-order valence-corrected chi connectivity index (χ1v) is 5.75.